The highest BCUT2D eigenvalue weighted by molar-refractivity contribution is 5.95. The number of nitrogens with zero attached hydrogens (tertiary/aromatic N) is 4. The second-order valence-corrected chi connectivity index (χ2v) is 4.85. The summed E-state index contributed by atoms with van der Waals surface area (Å²) in [6.45, 7) is 2.96. The molecule has 1 aliphatic heterocycles. The molecular weight excluding hydrogens is 268 g/mol. The highest BCUT2D eigenvalue weighted by Crippen LogP contribution is 2.24. The number of carbonyl (C=O) groups is 1. The molecule has 0 saturated carbocycles. The summed E-state index contributed by atoms with van der Waals surface area (Å²) in [4.78, 5) is 18.5. The van der Waals surface area contributed by atoms with Crippen LogP contribution in [0.5, 0.6) is 0 Å². The topological polar surface area (TPSA) is 59.7 Å². The van der Waals surface area contributed by atoms with Gasteiger partial charge in [0.25, 0.3) is 0 Å². The van der Waals surface area contributed by atoms with Crippen molar-refractivity contribution in [3.8, 4) is 12.3 Å². The Morgan fingerprint density at radius 1 is 1.62 bits per heavy atom. The molecule has 0 radical (unpaired) electrons. The van der Waals surface area contributed by atoms with E-state index in [9.17, 15) is 4.79 Å². The smallest absolute Gasteiger partial charge is 0.343 e. The number of carbonyl (C=O) groups excluding carboxylic acids is 1. The van der Waals surface area contributed by atoms with E-state index in [1.807, 2.05) is 6.07 Å². The summed E-state index contributed by atoms with van der Waals surface area (Å²) in [5.74, 6) is 3.15. The Bertz CT molecular complexity index is 716. The van der Waals surface area contributed by atoms with E-state index in [0.717, 1.165) is 25.2 Å². The number of ether oxygens (including phenoxy) is 1. The first-order valence-electron chi connectivity index (χ1n) is 6.99. The monoisotopic (exact) mass is 284 g/mol. The van der Waals surface area contributed by atoms with Gasteiger partial charge in [0.05, 0.1) is 18.8 Å². The van der Waals surface area contributed by atoms with Gasteiger partial charge in [-0.05, 0) is 25.8 Å². The third kappa shape index (κ3) is 2.31. The molecule has 6 heteroatoms. The van der Waals surface area contributed by atoms with Crippen molar-refractivity contribution in [1.82, 2.24) is 14.6 Å². The lowest BCUT2D eigenvalue weighted by Crippen LogP contribution is -2.28. The molecule has 0 amide bonds. The fourth-order valence-corrected chi connectivity index (χ4v) is 2.59. The lowest BCUT2D eigenvalue weighted by molar-refractivity contribution is 0.0528. The van der Waals surface area contributed by atoms with Crippen LogP contribution >= 0.6 is 0 Å². The summed E-state index contributed by atoms with van der Waals surface area (Å²) in [6, 6.07) is 1.93. The average molecular weight is 284 g/mol. The van der Waals surface area contributed by atoms with Crippen molar-refractivity contribution in [2.45, 2.75) is 25.8 Å². The average Bonchev–Trinajstić information content (AvgIpc) is 3.13. The van der Waals surface area contributed by atoms with Gasteiger partial charge in [-0.2, -0.15) is 5.10 Å². The highest BCUT2D eigenvalue weighted by atomic mass is 16.5. The minimum absolute atomic E-state index is 0.0638. The zero-order valence-electron chi connectivity index (χ0n) is 11.8. The summed E-state index contributed by atoms with van der Waals surface area (Å²) >= 11 is 0. The van der Waals surface area contributed by atoms with Crippen LogP contribution in [0, 0.1) is 12.3 Å². The summed E-state index contributed by atoms with van der Waals surface area (Å²) in [6.07, 6.45) is 10.8. The maximum atomic E-state index is 11.9. The van der Waals surface area contributed by atoms with Gasteiger partial charge in [0.1, 0.15) is 11.4 Å². The molecule has 3 rings (SSSR count). The third-order valence-electron chi connectivity index (χ3n) is 3.59. The van der Waals surface area contributed by atoms with Crippen LogP contribution in [0.1, 0.15) is 30.1 Å². The van der Waals surface area contributed by atoms with Gasteiger partial charge in [0.2, 0.25) is 0 Å². The number of hydrogen-bond donors (Lipinski definition) is 0. The number of hydrogen-bond acceptors (Lipinski definition) is 5. The molecule has 0 aromatic carbocycles. The number of terminal acetylenes is 1. The first-order chi connectivity index (χ1) is 10.2. The highest BCUT2D eigenvalue weighted by Gasteiger charge is 2.25. The second-order valence-electron chi connectivity index (χ2n) is 4.85. The van der Waals surface area contributed by atoms with Crippen LogP contribution in [0.25, 0.3) is 5.65 Å². The van der Waals surface area contributed by atoms with Gasteiger partial charge in [0.15, 0.2) is 5.65 Å². The summed E-state index contributed by atoms with van der Waals surface area (Å²) in [5, 5.41) is 4.12. The van der Waals surface area contributed by atoms with E-state index in [1.54, 1.807) is 17.6 Å². The number of esters is 1. The molecule has 2 aromatic rings. The molecule has 108 valence electrons. The van der Waals surface area contributed by atoms with Gasteiger partial charge >= 0.3 is 5.97 Å². The van der Waals surface area contributed by atoms with Crippen LogP contribution in [0.4, 0.5) is 5.82 Å². The van der Waals surface area contributed by atoms with Crippen LogP contribution in [0.2, 0.25) is 0 Å². The minimum Gasteiger partial charge on any atom is -0.462 e. The number of fused-ring (bicyclic) bond motifs is 1. The van der Waals surface area contributed by atoms with Crippen molar-refractivity contribution in [1.29, 1.82) is 0 Å². The lowest BCUT2D eigenvalue weighted by atomic mass is 10.2. The van der Waals surface area contributed by atoms with E-state index < -0.39 is 5.97 Å². The van der Waals surface area contributed by atoms with Crippen molar-refractivity contribution in [3.05, 3.63) is 24.0 Å². The van der Waals surface area contributed by atoms with E-state index >= 15 is 0 Å². The zero-order chi connectivity index (χ0) is 14.8. The van der Waals surface area contributed by atoms with E-state index in [1.165, 1.54) is 6.20 Å². The standard InChI is InChI=1S/C15H16N4O2/c1-3-11-6-5-8-18(11)13-7-9-19-14(17-13)12(10-16-19)15(20)21-4-2/h1,7,9-11H,4-6,8H2,2H3/t11-/m0/s1. The molecule has 6 nitrogen and oxygen atoms in total. The molecule has 0 bridgehead atoms. The predicted molar refractivity (Wildman–Crippen MR) is 78.1 cm³/mol. The number of anilines is 1. The van der Waals surface area contributed by atoms with Gasteiger partial charge in [-0.15, -0.1) is 6.42 Å². The Kier molecular flexibility index (Phi) is 3.48. The molecule has 0 unspecified atom stereocenters. The first kappa shape index (κ1) is 13.4. The summed E-state index contributed by atoms with van der Waals surface area (Å²) < 4.78 is 6.59. The molecule has 2 aromatic heterocycles. The largest absolute Gasteiger partial charge is 0.462 e. The van der Waals surface area contributed by atoms with Crippen molar-refractivity contribution >= 4 is 17.4 Å². The zero-order valence-corrected chi connectivity index (χ0v) is 11.8. The van der Waals surface area contributed by atoms with Crippen molar-refractivity contribution in [2.75, 3.05) is 18.1 Å². The predicted octanol–water partition coefficient (Wildman–Crippen LogP) is 1.51. The van der Waals surface area contributed by atoms with Crippen molar-refractivity contribution in [3.63, 3.8) is 0 Å². The van der Waals surface area contributed by atoms with Gasteiger partial charge in [0, 0.05) is 12.7 Å². The lowest BCUT2D eigenvalue weighted by Gasteiger charge is -2.21. The molecule has 1 fully saturated rings. The van der Waals surface area contributed by atoms with Crippen LogP contribution in [-0.2, 0) is 4.74 Å². The Balaban J connectivity index is 2.01. The van der Waals surface area contributed by atoms with Gasteiger partial charge in [-0.1, -0.05) is 5.92 Å². The Morgan fingerprint density at radius 3 is 3.24 bits per heavy atom. The van der Waals surface area contributed by atoms with Crippen molar-refractivity contribution in [2.24, 2.45) is 0 Å². The molecular formula is C15H16N4O2. The van der Waals surface area contributed by atoms with Gasteiger partial charge in [-0.3, -0.25) is 0 Å². The Hall–Kier alpha value is -2.55. The van der Waals surface area contributed by atoms with Crippen LogP contribution < -0.4 is 4.90 Å². The van der Waals surface area contributed by atoms with Crippen LogP contribution in [0.15, 0.2) is 18.5 Å². The van der Waals surface area contributed by atoms with E-state index in [4.69, 9.17) is 11.2 Å². The minimum atomic E-state index is -0.410. The molecule has 1 aliphatic rings. The van der Waals surface area contributed by atoms with Gasteiger partial charge < -0.3 is 9.64 Å². The van der Waals surface area contributed by atoms with E-state index in [0.29, 0.717) is 17.8 Å². The molecule has 1 saturated heterocycles. The molecule has 0 spiro atoms. The normalized spacial score (nSPS) is 17.9. The fraction of sp³-hybridized carbons (Fsp3) is 0.400. The Labute approximate surface area is 122 Å². The molecule has 0 N–H and O–H groups in total. The molecule has 0 aliphatic carbocycles. The van der Waals surface area contributed by atoms with E-state index in [-0.39, 0.29) is 6.04 Å². The Morgan fingerprint density at radius 2 is 2.48 bits per heavy atom. The molecule has 1 atom stereocenters. The van der Waals surface area contributed by atoms with Gasteiger partial charge in [-0.25, -0.2) is 14.3 Å². The fourth-order valence-electron chi connectivity index (χ4n) is 2.59. The van der Waals surface area contributed by atoms with E-state index in [2.05, 4.69) is 20.9 Å². The van der Waals surface area contributed by atoms with Crippen LogP contribution in [-0.4, -0.2) is 39.8 Å². The summed E-state index contributed by atoms with van der Waals surface area (Å²) in [7, 11) is 0. The molecule has 3 heterocycles. The van der Waals surface area contributed by atoms with Crippen molar-refractivity contribution < 1.29 is 9.53 Å². The van der Waals surface area contributed by atoms with Crippen LogP contribution in [0.3, 0.4) is 0 Å². The number of aromatic nitrogens is 3. The number of rotatable bonds is 3. The summed E-state index contributed by atoms with van der Waals surface area (Å²) in [5.41, 5.74) is 0.865. The first-order valence-corrected chi connectivity index (χ1v) is 6.99. The quantitative estimate of drug-likeness (QED) is 0.631. The maximum Gasteiger partial charge on any atom is 0.343 e. The SMILES string of the molecule is C#C[C@H]1CCCN1c1ccn2ncc(C(=O)OCC)c2n1. The molecule has 21 heavy (non-hydrogen) atoms. The maximum absolute atomic E-state index is 11.9. The second kappa shape index (κ2) is 5.44. The third-order valence-corrected chi connectivity index (χ3v) is 3.59.